The van der Waals surface area contributed by atoms with E-state index in [1.807, 2.05) is 13.0 Å². The topological polar surface area (TPSA) is 67.4 Å². The van der Waals surface area contributed by atoms with Gasteiger partial charge < -0.3 is 15.4 Å². The number of amides is 2. The standard InChI is InChI=1S/C12H14N2O3/c1-3-13-11(15)10-12(16)14-8-6-7(2)4-5-9(8)17-10/h4-6,10H,3H2,1-2H3,(H,13,15)(H,14,16)/t10-/m0/s1. The molecule has 2 N–H and O–H groups in total. The van der Waals surface area contributed by atoms with Crippen LogP contribution < -0.4 is 15.4 Å². The van der Waals surface area contributed by atoms with E-state index in [0.29, 0.717) is 18.0 Å². The van der Waals surface area contributed by atoms with Crippen LogP contribution in [0.25, 0.3) is 0 Å². The van der Waals surface area contributed by atoms with Gasteiger partial charge in [-0.1, -0.05) is 6.07 Å². The monoisotopic (exact) mass is 234 g/mol. The molecule has 1 aromatic rings. The van der Waals surface area contributed by atoms with Crippen molar-refractivity contribution < 1.29 is 14.3 Å². The molecule has 2 amide bonds. The van der Waals surface area contributed by atoms with Crippen LogP contribution in [0, 0.1) is 6.92 Å². The van der Waals surface area contributed by atoms with Gasteiger partial charge in [0.15, 0.2) is 0 Å². The van der Waals surface area contributed by atoms with Crippen LogP contribution >= 0.6 is 0 Å². The summed E-state index contributed by atoms with van der Waals surface area (Å²) in [5, 5.41) is 5.23. The number of ether oxygens (including phenoxy) is 1. The molecule has 2 rings (SSSR count). The number of hydrogen-bond acceptors (Lipinski definition) is 3. The van der Waals surface area contributed by atoms with Crippen LogP contribution in [0.15, 0.2) is 18.2 Å². The van der Waals surface area contributed by atoms with Gasteiger partial charge in [-0.05, 0) is 31.5 Å². The third kappa shape index (κ3) is 2.22. The summed E-state index contributed by atoms with van der Waals surface area (Å²) < 4.78 is 5.39. The van der Waals surface area contributed by atoms with E-state index < -0.39 is 17.9 Å². The summed E-state index contributed by atoms with van der Waals surface area (Å²) in [5.41, 5.74) is 1.62. The normalized spacial score (nSPS) is 17.8. The molecule has 0 spiro atoms. The smallest absolute Gasteiger partial charge is 0.275 e. The Hall–Kier alpha value is -2.04. The number of carbonyl (C=O) groups excluding carboxylic acids is 2. The van der Waals surface area contributed by atoms with Crippen LogP contribution in [0.1, 0.15) is 12.5 Å². The summed E-state index contributed by atoms with van der Waals surface area (Å²) in [7, 11) is 0. The number of rotatable bonds is 2. The molecule has 17 heavy (non-hydrogen) atoms. The lowest BCUT2D eigenvalue weighted by Gasteiger charge is -2.25. The molecule has 5 heteroatoms. The van der Waals surface area contributed by atoms with Crippen LogP contribution in [0.5, 0.6) is 5.75 Å². The molecule has 0 aliphatic carbocycles. The zero-order chi connectivity index (χ0) is 12.4. The largest absolute Gasteiger partial charge is 0.468 e. The summed E-state index contributed by atoms with van der Waals surface area (Å²) >= 11 is 0. The fourth-order valence-corrected chi connectivity index (χ4v) is 1.66. The SMILES string of the molecule is CCNC(=O)[C@@H]1Oc2ccc(C)cc2NC1=O. The van der Waals surface area contributed by atoms with Crippen molar-refractivity contribution in [2.75, 3.05) is 11.9 Å². The van der Waals surface area contributed by atoms with Gasteiger partial charge in [0.25, 0.3) is 17.9 Å². The third-order valence-corrected chi connectivity index (χ3v) is 2.47. The first-order chi connectivity index (χ1) is 8.11. The van der Waals surface area contributed by atoms with Gasteiger partial charge >= 0.3 is 0 Å². The van der Waals surface area contributed by atoms with Crippen LogP contribution in [0.4, 0.5) is 5.69 Å². The Bertz CT molecular complexity index is 471. The molecular weight excluding hydrogens is 220 g/mol. The summed E-state index contributed by atoms with van der Waals surface area (Å²) in [6.45, 7) is 4.17. The lowest BCUT2D eigenvalue weighted by atomic mass is 10.1. The molecule has 0 saturated carbocycles. The van der Waals surface area contributed by atoms with Crippen molar-refractivity contribution >= 4 is 17.5 Å². The maximum atomic E-state index is 11.7. The van der Waals surface area contributed by atoms with Crippen molar-refractivity contribution in [3.05, 3.63) is 23.8 Å². The average Bonchev–Trinajstić information content (AvgIpc) is 2.28. The second kappa shape index (κ2) is 4.45. The molecule has 1 aromatic carbocycles. The first kappa shape index (κ1) is 11.4. The number of fused-ring (bicyclic) bond motifs is 1. The highest BCUT2D eigenvalue weighted by Gasteiger charge is 2.33. The minimum Gasteiger partial charge on any atom is -0.468 e. The number of benzene rings is 1. The lowest BCUT2D eigenvalue weighted by molar-refractivity contribution is -0.137. The average molecular weight is 234 g/mol. The zero-order valence-electron chi connectivity index (χ0n) is 9.74. The predicted octanol–water partition coefficient (Wildman–Crippen LogP) is 0.831. The van der Waals surface area contributed by atoms with Gasteiger partial charge in [-0.25, -0.2) is 0 Å². The van der Waals surface area contributed by atoms with Crippen molar-refractivity contribution in [3.63, 3.8) is 0 Å². The van der Waals surface area contributed by atoms with E-state index in [9.17, 15) is 9.59 Å². The van der Waals surface area contributed by atoms with E-state index in [4.69, 9.17) is 4.74 Å². The summed E-state index contributed by atoms with van der Waals surface area (Å²) in [6, 6.07) is 5.42. The molecule has 1 aliphatic rings. The number of anilines is 1. The minimum absolute atomic E-state index is 0.420. The second-order valence-electron chi connectivity index (χ2n) is 3.88. The van der Waals surface area contributed by atoms with Crippen molar-refractivity contribution in [2.24, 2.45) is 0 Å². The molecule has 0 radical (unpaired) electrons. The lowest BCUT2D eigenvalue weighted by Crippen LogP contribution is -2.48. The van der Waals surface area contributed by atoms with E-state index in [0.717, 1.165) is 5.56 Å². The van der Waals surface area contributed by atoms with Gasteiger partial charge in [-0.15, -0.1) is 0 Å². The molecule has 1 aliphatic heterocycles. The van der Waals surface area contributed by atoms with Gasteiger partial charge in [0.2, 0.25) is 0 Å². The number of hydrogen-bond donors (Lipinski definition) is 2. The van der Waals surface area contributed by atoms with Crippen molar-refractivity contribution in [3.8, 4) is 5.75 Å². The van der Waals surface area contributed by atoms with E-state index >= 15 is 0 Å². The van der Waals surface area contributed by atoms with Crippen molar-refractivity contribution in [2.45, 2.75) is 20.0 Å². The quantitative estimate of drug-likeness (QED) is 0.745. The maximum Gasteiger partial charge on any atom is 0.275 e. The van der Waals surface area contributed by atoms with E-state index in [1.54, 1.807) is 19.1 Å². The van der Waals surface area contributed by atoms with Crippen molar-refractivity contribution in [1.29, 1.82) is 0 Å². The number of likely N-dealkylation sites (N-methyl/N-ethyl adjacent to an activating group) is 1. The molecule has 0 unspecified atom stereocenters. The van der Waals surface area contributed by atoms with Crippen molar-refractivity contribution in [1.82, 2.24) is 5.32 Å². The maximum absolute atomic E-state index is 11.7. The highest BCUT2D eigenvalue weighted by Crippen LogP contribution is 2.30. The molecule has 1 heterocycles. The highest BCUT2D eigenvalue weighted by atomic mass is 16.5. The van der Waals surface area contributed by atoms with Crippen LogP contribution in [-0.4, -0.2) is 24.5 Å². The molecule has 0 fully saturated rings. The zero-order valence-corrected chi connectivity index (χ0v) is 9.74. The van der Waals surface area contributed by atoms with E-state index in [-0.39, 0.29) is 0 Å². The van der Waals surface area contributed by atoms with E-state index in [2.05, 4.69) is 10.6 Å². The summed E-state index contributed by atoms with van der Waals surface area (Å²) in [6.07, 6.45) is -1.11. The molecule has 5 nitrogen and oxygen atoms in total. The van der Waals surface area contributed by atoms with Crippen LogP contribution in [0.2, 0.25) is 0 Å². The molecule has 0 saturated heterocycles. The van der Waals surface area contributed by atoms with Gasteiger partial charge in [0.05, 0.1) is 5.69 Å². The first-order valence-electron chi connectivity index (χ1n) is 5.47. The summed E-state index contributed by atoms with van der Waals surface area (Å²) in [5.74, 6) is -0.336. The molecule has 90 valence electrons. The summed E-state index contributed by atoms with van der Waals surface area (Å²) in [4.78, 5) is 23.3. The van der Waals surface area contributed by atoms with Gasteiger partial charge in [-0.2, -0.15) is 0 Å². The van der Waals surface area contributed by atoms with Gasteiger partial charge in [0.1, 0.15) is 5.75 Å². The first-order valence-corrected chi connectivity index (χ1v) is 5.47. The predicted molar refractivity (Wildman–Crippen MR) is 62.9 cm³/mol. The Morgan fingerprint density at radius 3 is 3.00 bits per heavy atom. The fraction of sp³-hybridized carbons (Fsp3) is 0.333. The Labute approximate surface area is 99.2 Å². The molecule has 1 atom stereocenters. The number of aryl methyl sites for hydroxylation is 1. The molecule has 0 aromatic heterocycles. The van der Waals surface area contributed by atoms with Crippen LogP contribution in [0.3, 0.4) is 0 Å². The Morgan fingerprint density at radius 1 is 1.53 bits per heavy atom. The number of carbonyl (C=O) groups is 2. The Balaban J connectivity index is 2.24. The van der Waals surface area contributed by atoms with E-state index in [1.165, 1.54) is 0 Å². The van der Waals surface area contributed by atoms with Crippen LogP contribution in [-0.2, 0) is 9.59 Å². The Morgan fingerprint density at radius 2 is 2.29 bits per heavy atom. The molecular formula is C12H14N2O3. The second-order valence-corrected chi connectivity index (χ2v) is 3.88. The third-order valence-electron chi connectivity index (χ3n) is 2.47. The van der Waals surface area contributed by atoms with Gasteiger partial charge in [-0.3, -0.25) is 9.59 Å². The Kier molecular flexibility index (Phi) is 2.99. The highest BCUT2D eigenvalue weighted by molar-refractivity contribution is 6.11. The minimum atomic E-state index is -1.11. The number of nitrogens with one attached hydrogen (secondary N) is 2. The van der Waals surface area contributed by atoms with Gasteiger partial charge in [0, 0.05) is 6.54 Å². The molecule has 0 bridgehead atoms. The fourth-order valence-electron chi connectivity index (χ4n) is 1.66.